The molecule has 0 aliphatic heterocycles. The van der Waals surface area contributed by atoms with E-state index in [1.54, 1.807) is 14.2 Å². The zero-order chi connectivity index (χ0) is 11.7. The number of ether oxygens (including phenoxy) is 2. The van der Waals surface area contributed by atoms with Crippen molar-refractivity contribution in [1.29, 1.82) is 0 Å². The normalized spacial score (nSPS) is 12.5. The lowest BCUT2D eigenvalue weighted by atomic mass is 10.1. The molecule has 0 aliphatic rings. The molecule has 0 rings (SSSR count). The first-order valence-corrected chi connectivity index (χ1v) is 5.18. The molecule has 0 bridgehead atoms. The number of hydrogen-bond acceptors (Lipinski definition) is 3. The summed E-state index contributed by atoms with van der Waals surface area (Å²) in [6.45, 7) is 5.51. The molecule has 0 aromatic rings. The van der Waals surface area contributed by atoms with E-state index in [1.807, 2.05) is 0 Å². The Hall–Kier alpha value is -0.870. The van der Waals surface area contributed by atoms with Gasteiger partial charge in [-0.05, 0) is 12.5 Å². The van der Waals surface area contributed by atoms with Crippen LogP contribution in [0.3, 0.4) is 0 Å². The van der Waals surface area contributed by atoms with E-state index in [2.05, 4.69) is 18.8 Å². The van der Waals surface area contributed by atoms with Gasteiger partial charge in [0, 0.05) is 14.2 Å². The van der Waals surface area contributed by atoms with Gasteiger partial charge in [0.25, 0.3) is 0 Å². The minimum atomic E-state index is -0.402. The van der Waals surface area contributed by atoms with Gasteiger partial charge in [0.05, 0.1) is 6.04 Å². The monoisotopic (exact) mass is 215 g/mol. The lowest BCUT2D eigenvalue weighted by Crippen LogP contribution is -2.44. The fraction of sp³-hybridized carbons (Fsp3) is 0.727. The molecule has 4 nitrogen and oxygen atoms in total. The van der Waals surface area contributed by atoms with Crippen LogP contribution in [0.15, 0.2) is 12.7 Å². The van der Waals surface area contributed by atoms with Crippen LogP contribution < -0.4 is 5.32 Å². The predicted octanol–water partition coefficient (Wildman–Crippen LogP) is 1.47. The lowest BCUT2D eigenvalue weighted by molar-refractivity contribution is -0.135. The Morgan fingerprint density at radius 2 is 2.07 bits per heavy atom. The predicted molar refractivity (Wildman–Crippen MR) is 59.5 cm³/mol. The molecule has 0 saturated heterocycles. The second kappa shape index (κ2) is 8.44. The Labute approximate surface area is 91.6 Å². The summed E-state index contributed by atoms with van der Waals surface area (Å²) in [5.74, 6) is -0.199. The van der Waals surface area contributed by atoms with Crippen LogP contribution in [-0.2, 0) is 14.3 Å². The Morgan fingerprint density at radius 1 is 1.47 bits per heavy atom. The Morgan fingerprint density at radius 3 is 2.47 bits per heavy atom. The van der Waals surface area contributed by atoms with Crippen molar-refractivity contribution in [2.24, 2.45) is 0 Å². The number of carbonyl (C=O) groups is 1. The van der Waals surface area contributed by atoms with Gasteiger partial charge in [0.1, 0.15) is 0 Å². The summed E-state index contributed by atoms with van der Waals surface area (Å²) in [4.78, 5) is 11.2. The van der Waals surface area contributed by atoms with Crippen LogP contribution in [0.2, 0.25) is 0 Å². The van der Waals surface area contributed by atoms with Crippen molar-refractivity contribution >= 4 is 5.91 Å². The minimum absolute atomic E-state index is 0.120. The van der Waals surface area contributed by atoms with Crippen molar-refractivity contribution in [2.75, 3.05) is 14.2 Å². The molecule has 1 amide bonds. The van der Waals surface area contributed by atoms with Crippen LogP contribution in [0.1, 0.15) is 26.2 Å². The van der Waals surface area contributed by atoms with E-state index < -0.39 is 6.29 Å². The number of carbonyl (C=O) groups excluding carboxylic acids is 1. The molecule has 15 heavy (non-hydrogen) atoms. The standard InChI is InChI=1S/C11H21NO3/c1-5-7-8-9(11(14-3)15-4)12-10(13)6-2/h6,9,11H,2,5,7-8H2,1,3-4H3,(H,12,13). The Bertz CT molecular complexity index is 190. The first kappa shape index (κ1) is 14.1. The van der Waals surface area contributed by atoms with Crippen LogP contribution in [0.25, 0.3) is 0 Å². The number of nitrogens with one attached hydrogen (secondary N) is 1. The average molecular weight is 215 g/mol. The van der Waals surface area contributed by atoms with E-state index in [0.29, 0.717) is 0 Å². The topological polar surface area (TPSA) is 47.6 Å². The molecule has 1 N–H and O–H groups in total. The fourth-order valence-corrected chi connectivity index (χ4v) is 1.37. The van der Waals surface area contributed by atoms with Gasteiger partial charge < -0.3 is 14.8 Å². The van der Waals surface area contributed by atoms with Crippen LogP contribution in [0.4, 0.5) is 0 Å². The van der Waals surface area contributed by atoms with E-state index in [-0.39, 0.29) is 11.9 Å². The van der Waals surface area contributed by atoms with Gasteiger partial charge in [-0.1, -0.05) is 26.3 Å². The highest BCUT2D eigenvalue weighted by Gasteiger charge is 2.21. The van der Waals surface area contributed by atoms with Crippen molar-refractivity contribution in [3.8, 4) is 0 Å². The smallest absolute Gasteiger partial charge is 0.243 e. The maximum atomic E-state index is 11.2. The summed E-state index contributed by atoms with van der Waals surface area (Å²) in [6.07, 6.45) is 3.77. The Balaban J connectivity index is 4.26. The molecule has 0 fully saturated rings. The largest absolute Gasteiger partial charge is 0.354 e. The number of unbranched alkanes of at least 4 members (excludes halogenated alkanes) is 1. The van der Waals surface area contributed by atoms with E-state index in [9.17, 15) is 4.79 Å². The third-order valence-corrected chi connectivity index (χ3v) is 2.17. The van der Waals surface area contributed by atoms with Gasteiger partial charge in [-0.25, -0.2) is 0 Å². The van der Waals surface area contributed by atoms with Crippen molar-refractivity contribution in [1.82, 2.24) is 5.32 Å². The molecule has 0 spiro atoms. The van der Waals surface area contributed by atoms with Gasteiger partial charge >= 0.3 is 0 Å². The molecule has 1 atom stereocenters. The highest BCUT2D eigenvalue weighted by molar-refractivity contribution is 5.87. The second-order valence-corrected chi connectivity index (χ2v) is 3.30. The van der Waals surface area contributed by atoms with Gasteiger partial charge in [-0.2, -0.15) is 0 Å². The van der Waals surface area contributed by atoms with E-state index >= 15 is 0 Å². The van der Waals surface area contributed by atoms with Crippen LogP contribution in [0, 0.1) is 0 Å². The van der Waals surface area contributed by atoms with Gasteiger partial charge in [0.15, 0.2) is 6.29 Å². The summed E-state index contributed by atoms with van der Waals surface area (Å²) < 4.78 is 10.3. The van der Waals surface area contributed by atoms with Crippen LogP contribution in [-0.4, -0.2) is 32.5 Å². The summed E-state index contributed by atoms with van der Waals surface area (Å²) in [5.41, 5.74) is 0. The molecular formula is C11H21NO3. The summed E-state index contributed by atoms with van der Waals surface area (Å²) in [5, 5.41) is 2.80. The maximum absolute atomic E-state index is 11.2. The van der Waals surface area contributed by atoms with Gasteiger partial charge in [0.2, 0.25) is 5.91 Å². The average Bonchev–Trinajstić information content (AvgIpc) is 2.26. The molecular weight excluding hydrogens is 194 g/mol. The van der Waals surface area contributed by atoms with E-state index in [4.69, 9.17) is 9.47 Å². The third-order valence-electron chi connectivity index (χ3n) is 2.17. The van der Waals surface area contributed by atoms with Crippen LogP contribution >= 0.6 is 0 Å². The van der Waals surface area contributed by atoms with Crippen molar-refractivity contribution in [3.05, 3.63) is 12.7 Å². The van der Waals surface area contributed by atoms with Crippen molar-refractivity contribution in [3.63, 3.8) is 0 Å². The fourth-order valence-electron chi connectivity index (χ4n) is 1.37. The SMILES string of the molecule is C=CC(=O)NC(CCCC)C(OC)OC. The molecule has 0 saturated carbocycles. The highest BCUT2D eigenvalue weighted by Crippen LogP contribution is 2.08. The molecule has 4 heteroatoms. The molecule has 0 heterocycles. The van der Waals surface area contributed by atoms with Gasteiger partial charge in [-0.15, -0.1) is 0 Å². The molecule has 88 valence electrons. The summed E-state index contributed by atoms with van der Waals surface area (Å²) >= 11 is 0. The van der Waals surface area contributed by atoms with E-state index in [1.165, 1.54) is 6.08 Å². The molecule has 0 radical (unpaired) electrons. The van der Waals surface area contributed by atoms with E-state index in [0.717, 1.165) is 19.3 Å². The number of amides is 1. The van der Waals surface area contributed by atoms with Gasteiger partial charge in [-0.3, -0.25) is 4.79 Å². The summed E-state index contributed by atoms with van der Waals surface area (Å²) in [7, 11) is 3.13. The quantitative estimate of drug-likeness (QED) is 0.492. The zero-order valence-corrected chi connectivity index (χ0v) is 9.79. The number of methoxy groups -OCH3 is 2. The van der Waals surface area contributed by atoms with Crippen molar-refractivity contribution in [2.45, 2.75) is 38.5 Å². The summed E-state index contributed by atoms with van der Waals surface area (Å²) in [6, 6.07) is -0.120. The molecule has 0 aromatic heterocycles. The molecule has 1 unspecified atom stereocenters. The van der Waals surface area contributed by atoms with Crippen molar-refractivity contribution < 1.29 is 14.3 Å². The maximum Gasteiger partial charge on any atom is 0.243 e. The lowest BCUT2D eigenvalue weighted by Gasteiger charge is -2.25. The number of hydrogen-bond donors (Lipinski definition) is 1. The first-order valence-electron chi connectivity index (χ1n) is 5.18. The van der Waals surface area contributed by atoms with Crippen LogP contribution in [0.5, 0.6) is 0 Å². The highest BCUT2D eigenvalue weighted by atomic mass is 16.7. The Kier molecular flexibility index (Phi) is 7.95. The first-order chi connectivity index (χ1) is 7.19. The third kappa shape index (κ3) is 5.54. The second-order valence-electron chi connectivity index (χ2n) is 3.30. The number of rotatable bonds is 8. The minimum Gasteiger partial charge on any atom is -0.354 e. The molecule has 0 aliphatic carbocycles. The molecule has 0 aromatic carbocycles. The zero-order valence-electron chi connectivity index (χ0n) is 9.79.